The van der Waals surface area contributed by atoms with Crippen LogP contribution in [0.15, 0.2) is 54.6 Å². The molecule has 1 aliphatic rings. The molecule has 0 radical (unpaired) electrons. The number of benzene rings is 2. The van der Waals surface area contributed by atoms with Crippen molar-refractivity contribution in [2.45, 2.75) is 45.6 Å². The highest BCUT2D eigenvalue weighted by atomic mass is 32.2. The summed E-state index contributed by atoms with van der Waals surface area (Å²) in [5.74, 6) is 0.460. The van der Waals surface area contributed by atoms with Crippen molar-refractivity contribution in [3.05, 3.63) is 65.7 Å². The van der Waals surface area contributed by atoms with Gasteiger partial charge in [-0.15, -0.1) is 0 Å². The lowest BCUT2D eigenvalue weighted by atomic mass is 9.90. The number of carbonyl (C=O) groups is 1. The van der Waals surface area contributed by atoms with Crippen molar-refractivity contribution in [2.75, 3.05) is 23.7 Å². The molecule has 6 heteroatoms. The van der Waals surface area contributed by atoms with Gasteiger partial charge in [-0.05, 0) is 56.2 Å². The third kappa shape index (κ3) is 5.42. The number of piperidine rings is 1. The van der Waals surface area contributed by atoms with E-state index in [9.17, 15) is 13.2 Å². The summed E-state index contributed by atoms with van der Waals surface area (Å²) < 4.78 is 26.5. The topological polar surface area (TPSA) is 57.7 Å². The number of likely N-dealkylation sites (tertiary alicyclic amines) is 1. The second kappa shape index (κ2) is 9.65. The van der Waals surface area contributed by atoms with Crippen molar-refractivity contribution < 1.29 is 13.2 Å². The summed E-state index contributed by atoms with van der Waals surface area (Å²) in [6.07, 6.45) is 4.53. The first kappa shape index (κ1) is 22.3. The smallest absolute Gasteiger partial charge is 0.246 e. The fourth-order valence-electron chi connectivity index (χ4n) is 4.25. The number of amides is 1. The maximum absolute atomic E-state index is 13.3. The third-order valence-corrected chi connectivity index (χ3v) is 7.07. The highest BCUT2D eigenvalue weighted by Gasteiger charge is 2.35. The monoisotopic (exact) mass is 428 g/mol. The van der Waals surface area contributed by atoms with Gasteiger partial charge in [-0.2, -0.15) is 0 Å². The van der Waals surface area contributed by atoms with Crippen LogP contribution in [0.25, 0.3) is 0 Å². The second-order valence-electron chi connectivity index (χ2n) is 8.28. The summed E-state index contributed by atoms with van der Waals surface area (Å²) in [5, 5.41) is 0. The molecule has 2 aromatic rings. The molecule has 3 rings (SSSR count). The predicted molar refractivity (Wildman–Crippen MR) is 122 cm³/mol. The molecule has 2 aromatic carbocycles. The van der Waals surface area contributed by atoms with Crippen LogP contribution in [-0.2, 0) is 21.2 Å². The molecule has 162 valence electrons. The Morgan fingerprint density at radius 3 is 2.20 bits per heavy atom. The Kier molecular flexibility index (Phi) is 7.19. The molecule has 1 amide bonds. The average molecular weight is 429 g/mol. The van der Waals surface area contributed by atoms with Crippen LogP contribution in [0.3, 0.4) is 0 Å². The Morgan fingerprint density at radius 1 is 1.07 bits per heavy atom. The van der Waals surface area contributed by atoms with Gasteiger partial charge in [0.25, 0.3) is 0 Å². The van der Waals surface area contributed by atoms with E-state index in [4.69, 9.17) is 0 Å². The van der Waals surface area contributed by atoms with Crippen LogP contribution in [0.2, 0.25) is 0 Å². The molecule has 1 aliphatic heterocycles. The number of aryl methyl sites for hydroxylation is 1. The average Bonchev–Trinajstić information content (AvgIpc) is 2.73. The number of anilines is 1. The van der Waals surface area contributed by atoms with Crippen LogP contribution in [0.5, 0.6) is 0 Å². The van der Waals surface area contributed by atoms with E-state index in [0.29, 0.717) is 31.1 Å². The van der Waals surface area contributed by atoms with Crippen LogP contribution < -0.4 is 4.31 Å². The molecule has 1 saturated heterocycles. The fraction of sp³-hybridized carbons (Fsp3) is 0.458. The molecule has 0 unspecified atom stereocenters. The second-order valence-corrected chi connectivity index (χ2v) is 10.1. The summed E-state index contributed by atoms with van der Waals surface area (Å²) in [5.41, 5.74) is 2.92. The fourth-order valence-corrected chi connectivity index (χ4v) is 5.46. The number of hydrogen-bond acceptors (Lipinski definition) is 3. The molecular formula is C24H32N2O3S. The molecule has 0 N–H and O–H groups in total. The Labute approximate surface area is 180 Å². The zero-order chi connectivity index (χ0) is 21.7. The van der Waals surface area contributed by atoms with Gasteiger partial charge < -0.3 is 4.90 Å². The van der Waals surface area contributed by atoms with E-state index in [-0.39, 0.29) is 5.91 Å². The zero-order valence-electron chi connectivity index (χ0n) is 18.1. The SMILES string of the molecule is CC[C@H](C(=O)N1CCC(Cc2ccccc2)CC1)N(c1ccc(C)cc1)S(C)(=O)=O. The molecule has 0 saturated carbocycles. The first-order chi connectivity index (χ1) is 14.3. The number of rotatable bonds is 7. The van der Waals surface area contributed by atoms with Crippen molar-refractivity contribution in [2.24, 2.45) is 5.92 Å². The molecule has 1 heterocycles. The van der Waals surface area contributed by atoms with Gasteiger partial charge in [0.1, 0.15) is 6.04 Å². The van der Waals surface area contributed by atoms with E-state index in [1.54, 1.807) is 12.1 Å². The molecule has 5 nitrogen and oxygen atoms in total. The van der Waals surface area contributed by atoms with Crippen LogP contribution in [0.1, 0.15) is 37.3 Å². The summed E-state index contributed by atoms with van der Waals surface area (Å²) >= 11 is 0. The molecule has 30 heavy (non-hydrogen) atoms. The van der Waals surface area contributed by atoms with Gasteiger partial charge in [0.2, 0.25) is 15.9 Å². The van der Waals surface area contributed by atoms with Gasteiger partial charge in [0.15, 0.2) is 0 Å². The first-order valence-electron chi connectivity index (χ1n) is 10.7. The van der Waals surface area contributed by atoms with Crippen LogP contribution in [-0.4, -0.2) is 44.6 Å². The van der Waals surface area contributed by atoms with Gasteiger partial charge in [-0.25, -0.2) is 8.42 Å². The largest absolute Gasteiger partial charge is 0.341 e. The molecule has 1 fully saturated rings. The Morgan fingerprint density at radius 2 is 1.67 bits per heavy atom. The van der Waals surface area contributed by atoms with Crippen molar-refractivity contribution in [1.29, 1.82) is 0 Å². The quantitative estimate of drug-likeness (QED) is 0.669. The zero-order valence-corrected chi connectivity index (χ0v) is 18.9. The van der Waals surface area contributed by atoms with Gasteiger partial charge in [0, 0.05) is 13.1 Å². The number of carbonyl (C=O) groups excluding carboxylic acids is 1. The minimum absolute atomic E-state index is 0.0957. The molecule has 0 aliphatic carbocycles. The van der Waals surface area contributed by atoms with E-state index in [1.165, 1.54) is 16.1 Å². The Hall–Kier alpha value is -2.34. The first-order valence-corrected chi connectivity index (χ1v) is 12.5. The van der Waals surface area contributed by atoms with E-state index in [0.717, 1.165) is 24.8 Å². The van der Waals surface area contributed by atoms with E-state index >= 15 is 0 Å². The van der Waals surface area contributed by atoms with Crippen LogP contribution in [0.4, 0.5) is 5.69 Å². The van der Waals surface area contributed by atoms with Crippen molar-refractivity contribution in [1.82, 2.24) is 4.90 Å². The maximum Gasteiger partial charge on any atom is 0.246 e. The molecule has 1 atom stereocenters. The number of sulfonamides is 1. The minimum atomic E-state index is -3.59. The Bertz CT molecular complexity index is 934. The standard InChI is InChI=1S/C24H32N2O3S/c1-4-23(26(30(3,28)29)22-12-10-19(2)11-13-22)24(27)25-16-14-21(15-17-25)18-20-8-6-5-7-9-20/h5-13,21,23H,4,14-18H2,1-3H3/t23-/m1/s1. The maximum atomic E-state index is 13.3. The lowest BCUT2D eigenvalue weighted by Crippen LogP contribution is -2.52. The van der Waals surface area contributed by atoms with Gasteiger partial charge >= 0.3 is 0 Å². The highest BCUT2D eigenvalue weighted by Crippen LogP contribution is 2.27. The van der Waals surface area contributed by atoms with Gasteiger partial charge in [-0.1, -0.05) is 55.0 Å². The summed E-state index contributed by atoms with van der Waals surface area (Å²) in [6.45, 7) is 5.18. The highest BCUT2D eigenvalue weighted by molar-refractivity contribution is 7.92. The van der Waals surface area contributed by atoms with E-state index < -0.39 is 16.1 Å². The number of nitrogens with zero attached hydrogens (tertiary/aromatic N) is 2. The third-order valence-electron chi connectivity index (χ3n) is 5.89. The number of hydrogen-bond donors (Lipinski definition) is 0. The van der Waals surface area contributed by atoms with Crippen molar-refractivity contribution in [3.63, 3.8) is 0 Å². The van der Waals surface area contributed by atoms with Crippen LogP contribution in [0, 0.1) is 12.8 Å². The normalized spacial score (nSPS) is 16.3. The lowest BCUT2D eigenvalue weighted by molar-refractivity contribution is -0.133. The molecule has 0 aromatic heterocycles. The summed E-state index contributed by atoms with van der Waals surface area (Å²) in [6, 6.07) is 17.0. The van der Waals surface area contributed by atoms with E-state index in [2.05, 4.69) is 24.3 Å². The predicted octanol–water partition coefficient (Wildman–Crippen LogP) is 4.02. The van der Waals surface area contributed by atoms with Crippen molar-refractivity contribution >= 4 is 21.6 Å². The van der Waals surface area contributed by atoms with E-state index in [1.807, 2.05) is 36.9 Å². The van der Waals surface area contributed by atoms with Gasteiger partial charge in [-0.3, -0.25) is 9.10 Å². The van der Waals surface area contributed by atoms with Crippen molar-refractivity contribution in [3.8, 4) is 0 Å². The van der Waals surface area contributed by atoms with Crippen LogP contribution >= 0.6 is 0 Å². The summed E-state index contributed by atoms with van der Waals surface area (Å²) in [7, 11) is -3.59. The molecule has 0 bridgehead atoms. The molecule has 0 spiro atoms. The summed E-state index contributed by atoms with van der Waals surface area (Å²) in [4.78, 5) is 15.2. The minimum Gasteiger partial charge on any atom is -0.341 e. The lowest BCUT2D eigenvalue weighted by Gasteiger charge is -2.37. The Balaban J connectivity index is 1.71. The van der Waals surface area contributed by atoms with Gasteiger partial charge in [0.05, 0.1) is 11.9 Å². The molecular weight excluding hydrogens is 396 g/mol.